The van der Waals surface area contributed by atoms with Crippen LogP contribution < -0.4 is 10.1 Å². The van der Waals surface area contributed by atoms with Crippen LogP contribution in [-0.2, 0) is 4.74 Å². The Morgan fingerprint density at radius 3 is 2.54 bits per heavy atom. The van der Waals surface area contributed by atoms with Gasteiger partial charge < -0.3 is 15.9 Å². The van der Waals surface area contributed by atoms with Gasteiger partial charge in [0.15, 0.2) is 0 Å². The van der Waals surface area contributed by atoms with E-state index in [1.807, 2.05) is 59.3 Å². The smallest absolute Gasteiger partial charge is 0.496 e. The van der Waals surface area contributed by atoms with Crippen molar-refractivity contribution < 1.29 is 49.8 Å². The predicted molar refractivity (Wildman–Crippen MR) is 163 cm³/mol. The van der Waals surface area contributed by atoms with Gasteiger partial charge in [-0.3, -0.25) is 21.2 Å². The monoisotopic (exact) mass is 804 g/mol. The van der Waals surface area contributed by atoms with Crippen molar-refractivity contribution in [3.05, 3.63) is 101 Å². The molecule has 0 bridgehead atoms. The summed E-state index contributed by atoms with van der Waals surface area (Å²) in [5.74, 6) is -0.252. The van der Waals surface area contributed by atoms with Gasteiger partial charge in [-0.15, -0.1) is 5.10 Å². The first-order chi connectivity index (χ1) is 19.3. The molecule has 0 unspecified atom stereocenters. The number of nitrogens with zero attached hydrogens (tertiary/aromatic N) is 3. The number of aryl methyl sites for hydroxylation is 1. The molecule has 0 radical (unpaired) electrons. The average molecular weight is 805 g/mol. The molecule has 41 heavy (non-hydrogen) atoms. The number of carbonyl (C=O) groups excluding carboxylic acids is 1. The maximum absolute atomic E-state index is 14.0. The number of aromatic nitrogens is 3. The molecule has 218 valence electrons. The summed E-state index contributed by atoms with van der Waals surface area (Å²) in [5.41, 5.74) is 3.42. The molecule has 0 aliphatic carbocycles. The van der Waals surface area contributed by atoms with Gasteiger partial charge in [-0.05, 0) is 50.7 Å². The number of hydrogen-bond acceptors (Lipinski definition) is 7. The van der Waals surface area contributed by atoms with E-state index in [4.69, 9.17) is 9.47 Å². The summed E-state index contributed by atoms with van der Waals surface area (Å²) >= 11 is 1.09. The van der Waals surface area contributed by atoms with E-state index in [2.05, 4.69) is 33.5 Å². The van der Waals surface area contributed by atoms with Gasteiger partial charge >= 0.3 is 31.1 Å². The van der Waals surface area contributed by atoms with E-state index in [1.54, 1.807) is 31.2 Å². The molecule has 1 amide bonds. The summed E-state index contributed by atoms with van der Waals surface area (Å²) in [6, 6.07) is 1.63. The molecule has 10 heteroatoms. The van der Waals surface area contributed by atoms with Crippen molar-refractivity contribution in [3.63, 3.8) is 0 Å². The molecular formula is C31H39FN4O3SU. The van der Waals surface area contributed by atoms with Crippen LogP contribution in [0.3, 0.4) is 0 Å². The summed E-state index contributed by atoms with van der Waals surface area (Å²) in [6.45, 7) is 13.9. The normalized spacial score (nSPS) is 12.6. The van der Waals surface area contributed by atoms with Crippen LogP contribution in [0.4, 0.5) is 9.52 Å². The van der Waals surface area contributed by atoms with E-state index >= 15 is 0 Å². The van der Waals surface area contributed by atoms with E-state index in [-0.39, 0.29) is 53.1 Å². The third-order valence-corrected chi connectivity index (χ3v) is 5.97. The Hall–Kier alpha value is -2.80. The second kappa shape index (κ2) is 21.9. The Balaban J connectivity index is 0.00000382. The molecule has 0 atom stereocenters. The zero-order chi connectivity index (χ0) is 29.9. The Morgan fingerprint density at radius 2 is 1.95 bits per heavy atom. The van der Waals surface area contributed by atoms with Gasteiger partial charge in [0.05, 0.1) is 31.2 Å². The van der Waals surface area contributed by atoms with Crippen LogP contribution >= 0.6 is 11.3 Å². The summed E-state index contributed by atoms with van der Waals surface area (Å²) in [4.78, 5) is 17.4. The molecule has 0 saturated carbocycles. The van der Waals surface area contributed by atoms with Crippen molar-refractivity contribution in [1.82, 2.24) is 15.2 Å². The number of halogens is 1. The first-order valence-corrected chi connectivity index (χ1v) is 13.7. The SMILES string of the molecule is CC=[C-]/C=C\C(COc1nnc(NC(=O)c2cnc(C)cc2C(=CF)/C(=C\C=C/C)OC)s1)=C(C)CC.C[CH-]C.[U+2]. The predicted octanol–water partition coefficient (Wildman–Crippen LogP) is 8.18. The number of amides is 1. The largest absolute Gasteiger partial charge is 2.00 e. The van der Waals surface area contributed by atoms with E-state index in [0.717, 1.165) is 23.3 Å². The summed E-state index contributed by atoms with van der Waals surface area (Å²) < 4.78 is 25.2. The molecule has 0 aliphatic heterocycles. The quantitative estimate of drug-likeness (QED) is 0.132. The van der Waals surface area contributed by atoms with Crippen molar-refractivity contribution in [2.45, 2.75) is 54.9 Å². The number of nitrogens with one attached hydrogen (secondary N) is 1. The van der Waals surface area contributed by atoms with Crippen LogP contribution in [-0.4, -0.2) is 34.8 Å². The number of ether oxygens (including phenoxy) is 2. The number of allylic oxidation sites excluding steroid dienone is 8. The van der Waals surface area contributed by atoms with Gasteiger partial charge in [0.25, 0.3) is 11.1 Å². The number of pyridine rings is 1. The van der Waals surface area contributed by atoms with E-state index in [9.17, 15) is 9.18 Å². The fourth-order valence-electron chi connectivity index (χ4n) is 3.07. The van der Waals surface area contributed by atoms with Gasteiger partial charge in [-0.2, -0.15) is 19.9 Å². The van der Waals surface area contributed by atoms with Crippen molar-refractivity contribution >= 4 is 27.9 Å². The fourth-order valence-corrected chi connectivity index (χ4v) is 3.66. The summed E-state index contributed by atoms with van der Waals surface area (Å²) in [7, 11) is 1.44. The molecule has 2 heterocycles. The molecule has 2 aromatic heterocycles. The minimum absolute atomic E-state index is 0. The fraction of sp³-hybridized carbons (Fsp3) is 0.323. The van der Waals surface area contributed by atoms with E-state index in [1.165, 1.54) is 18.9 Å². The number of anilines is 1. The molecule has 0 fully saturated rings. The Morgan fingerprint density at radius 1 is 1.24 bits per heavy atom. The summed E-state index contributed by atoms with van der Waals surface area (Å²) in [6.07, 6.45) is 18.4. The molecule has 0 saturated heterocycles. The molecule has 2 rings (SSSR count). The van der Waals surface area contributed by atoms with Gasteiger partial charge in [0.1, 0.15) is 5.76 Å². The minimum atomic E-state index is -0.515. The summed E-state index contributed by atoms with van der Waals surface area (Å²) in [5, 5.41) is 11.3. The first kappa shape index (κ1) is 38.2. The molecule has 2 aromatic rings. The van der Waals surface area contributed by atoms with Crippen molar-refractivity contribution in [2.75, 3.05) is 19.0 Å². The molecule has 1 N–H and O–H groups in total. The van der Waals surface area contributed by atoms with Crippen molar-refractivity contribution in [1.29, 1.82) is 0 Å². The third kappa shape index (κ3) is 13.2. The molecule has 7 nitrogen and oxygen atoms in total. The van der Waals surface area contributed by atoms with Gasteiger partial charge in [-0.1, -0.05) is 42.2 Å². The Bertz CT molecular complexity index is 1280. The topological polar surface area (TPSA) is 86.2 Å². The number of methoxy groups -OCH3 is 1. The van der Waals surface area contributed by atoms with Crippen LogP contribution in [0.25, 0.3) is 5.57 Å². The molecule has 0 aliphatic rings. The zero-order valence-electron chi connectivity index (χ0n) is 25.0. The van der Waals surface area contributed by atoms with E-state index < -0.39 is 5.91 Å². The maximum atomic E-state index is 14.0. The van der Waals surface area contributed by atoms with Gasteiger partial charge in [-0.25, -0.2) is 16.5 Å². The van der Waals surface area contributed by atoms with Crippen LogP contribution in [0.1, 0.15) is 69.6 Å². The van der Waals surface area contributed by atoms with Crippen LogP contribution in [0.5, 0.6) is 5.19 Å². The zero-order valence-corrected chi connectivity index (χ0v) is 30.0. The van der Waals surface area contributed by atoms with Crippen LogP contribution in [0.15, 0.2) is 72.0 Å². The van der Waals surface area contributed by atoms with Crippen LogP contribution in [0.2, 0.25) is 0 Å². The molecule has 0 spiro atoms. The van der Waals surface area contributed by atoms with Crippen LogP contribution in [0, 0.1) is 50.5 Å². The number of rotatable bonds is 12. The minimum Gasteiger partial charge on any atom is -0.496 e. The first-order valence-electron chi connectivity index (χ1n) is 12.8. The number of hydrogen-bond donors (Lipinski definition) is 1. The van der Waals surface area contributed by atoms with E-state index in [0.29, 0.717) is 29.4 Å². The van der Waals surface area contributed by atoms with Gasteiger partial charge in [0, 0.05) is 17.5 Å². The second-order valence-electron chi connectivity index (χ2n) is 8.30. The Labute approximate surface area is 271 Å². The molecular weight excluding hydrogens is 765 g/mol. The third-order valence-electron chi connectivity index (χ3n) is 5.21. The standard InChI is InChI=1S/C28H32FN4O3S.C3H7.U/c1-7-10-12-13-21(19(4)9-3)18-36-28-33-32-27(37-28)31-26(34)24-17-30-20(5)15-22(24)23(16-29)25(35-6)14-11-8-2;1-3-2;/h7-8,11-17H,9,18H2,1-6H3,(H,31,32,34);3H,1-2H3;/q2*-1;+2/b11-8-,13-12-,21-19?,23-16?,25-14+;;. The van der Waals surface area contributed by atoms with Crippen molar-refractivity contribution in [3.8, 4) is 5.19 Å². The number of carbonyl (C=O) groups is 1. The van der Waals surface area contributed by atoms with Gasteiger partial charge in [0.2, 0.25) is 5.13 Å². The van der Waals surface area contributed by atoms with Crippen molar-refractivity contribution in [2.24, 2.45) is 0 Å². The molecule has 0 aromatic carbocycles. The second-order valence-corrected chi connectivity index (χ2v) is 9.24. The Kier molecular flexibility index (Phi) is 20.4. The average Bonchev–Trinajstić information content (AvgIpc) is 3.39. The maximum Gasteiger partial charge on any atom is 2.00 e.